The van der Waals surface area contributed by atoms with E-state index in [0.29, 0.717) is 30.3 Å². The summed E-state index contributed by atoms with van der Waals surface area (Å²) in [5.41, 5.74) is 7.76. The van der Waals surface area contributed by atoms with Crippen molar-refractivity contribution in [3.63, 3.8) is 0 Å². The SMILES string of the molecule is CC[C@H](C)CCC(=O)[C@@H](Cc1ccccc1)N=C(N)NC(=O)Cc1ccc(OC)c(OC)c1. The Bertz CT molecular complexity index is 944. The molecule has 0 aliphatic heterocycles. The Balaban J connectivity index is 2.08. The summed E-state index contributed by atoms with van der Waals surface area (Å²) in [4.78, 5) is 29.8. The van der Waals surface area contributed by atoms with Crippen molar-refractivity contribution in [3.8, 4) is 11.5 Å². The summed E-state index contributed by atoms with van der Waals surface area (Å²) in [5, 5.41) is 2.61. The molecule has 0 aromatic heterocycles. The van der Waals surface area contributed by atoms with E-state index in [0.717, 1.165) is 24.0 Å². The van der Waals surface area contributed by atoms with Crippen molar-refractivity contribution in [2.45, 2.75) is 52.0 Å². The summed E-state index contributed by atoms with van der Waals surface area (Å²) < 4.78 is 10.5. The number of carbonyl (C=O) groups excluding carboxylic acids is 2. The predicted octanol–water partition coefficient (Wildman–Crippen LogP) is 3.68. The monoisotopic (exact) mass is 453 g/mol. The van der Waals surface area contributed by atoms with Gasteiger partial charge in [-0.05, 0) is 35.6 Å². The van der Waals surface area contributed by atoms with Gasteiger partial charge in [0.15, 0.2) is 23.2 Å². The molecule has 3 N–H and O–H groups in total. The molecular weight excluding hydrogens is 418 g/mol. The average Bonchev–Trinajstić information content (AvgIpc) is 2.82. The van der Waals surface area contributed by atoms with Crippen LogP contribution in [0.3, 0.4) is 0 Å². The number of hydrogen-bond donors (Lipinski definition) is 2. The average molecular weight is 454 g/mol. The van der Waals surface area contributed by atoms with Gasteiger partial charge in [0.2, 0.25) is 5.91 Å². The lowest BCUT2D eigenvalue weighted by Crippen LogP contribution is -2.39. The first-order valence-electron chi connectivity index (χ1n) is 11.3. The number of nitrogens with two attached hydrogens (primary N) is 1. The molecular formula is C26H35N3O4. The van der Waals surface area contributed by atoms with Crippen molar-refractivity contribution in [2.75, 3.05) is 14.2 Å². The molecule has 0 aliphatic carbocycles. The fourth-order valence-electron chi connectivity index (χ4n) is 3.39. The molecule has 0 bridgehead atoms. The number of hydrogen-bond acceptors (Lipinski definition) is 5. The fourth-order valence-corrected chi connectivity index (χ4v) is 3.39. The minimum atomic E-state index is -0.641. The van der Waals surface area contributed by atoms with E-state index in [-0.39, 0.29) is 24.1 Å². The maximum atomic E-state index is 12.9. The van der Waals surface area contributed by atoms with Gasteiger partial charge in [-0.1, -0.05) is 56.7 Å². The lowest BCUT2D eigenvalue weighted by molar-refractivity contribution is -0.121. The van der Waals surface area contributed by atoms with E-state index in [1.807, 2.05) is 30.3 Å². The van der Waals surface area contributed by atoms with Gasteiger partial charge in [0.1, 0.15) is 6.04 Å². The number of ether oxygens (including phenoxy) is 2. The van der Waals surface area contributed by atoms with E-state index in [1.54, 1.807) is 25.3 Å². The Morgan fingerprint density at radius 2 is 1.73 bits per heavy atom. The molecule has 2 aromatic rings. The van der Waals surface area contributed by atoms with E-state index in [2.05, 4.69) is 24.2 Å². The number of nitrogens with one attached hydrogen (secondary N) is 1. The Morgan fingerprint density at radius 1 is 1.03 bits per heavy atom. The summed E-state index contributed by atoms with van der Waals surface area (Å²) >= 11 is 0. The largest absolute Gasteiger partial charge is 0.493 e. The zero-order valence-electron chi connectivity index (χ0n) is 20.0. The third kappa shape index (κ3) is 8.60. The van der Waals surface area contributed by atoms with Crippen molar-refractivity contribution in [1.82, 2.24) is 5.32 Å². The molecule has 0 radical (unpaired) electrons. The van der Waals surface area contributed by atoms with Crippen molar-refractivity contribution in [3.05, 3.63) is 59.7 Å². The number of nitrogens with zero attached hydrogens (tertiary/aromatic N) is 1. The standard InChI is InChI=1S/C26H35N3O4/c1-5-18(2)11-13-22(30)21(15-19-9-7-6-8-10-19)28-26(27)29-25(31)17-20-12-14-23(32-3)24(16-20)33-4/h6-10,12,14,16,18,21H,5,11,13,15,17H2,1-4H3,(H3,27,28,29,31)/t18-,21+/m0/s1. The van der Waals surface area contributed by atoms with Crippen molar-refractivity contribution < 1.29 is 19.1 Å². The van der Waals surface area contributed by atoms with Gasteiger partial charge < -0.3 is 15.2 Å². The van der Waals surface area contributed by atoms with Crippen molar-refractivity contribution in [2.24, 2.45) is 16.6 Å². The summed E-state index contributed by atoms with van der Waals surface area (Å²) in [6, 6.07) is 14.3. The van der Waals surface area contributed by atoms with Gasteiger partial charge in [-0.3, -0.25) is 14.9 Å². The van der Waals surface area contributed by atoms with Crippen LogP contribution in [-0.4, -0.2) is 37.9 Å². The quantitative estimate of drug-likeness (QED) is 0.377. The molecule has 0 spiro atoms. The predicted molar refractivity (Wildman–Crippen MR) is 131 cm³/mol. The minimum absolute atomic E-state index is 0.0243. The maximum Gasteiger partial charge on any atom is 0.231 e. The third-order valence-electron chi connectivity index (χ3n) is 5.60. The fraction of sp³-hybridized carbons (Fsp3) is 0.423. The van der Waals surface area contributed by atoms with Crippen LogP contribution < -0.4 is 20.5 Å². The highest BCUT2D eigenvalue weighted by molar-refractivity contribution is 5.98. The maximum absolute atomic E-state index is 12.9. The second-order valence-electron chi connectivity index (χ2n) is 8.15. The van der Waals surface area contributed by atoms with Gasteiger partial charge in [0.05, 0.1) is 20.6 Å². The first-order valence-corrected chi connectivity index (χ1v) is 11.3. The van der Waals surface area contributed by atoms with E-state index >= 15 is 0 Å². The second kappa shape index (κ2) is 13.3. The van der Waals surface area contributed by atoms with Crippen LogP contribution in [-0.2, 0) is 22.4 Å². The van der Waals surface area contributed by atoms with Crippen LogP contribution in [0.4, 0.5) is 0 Å². The molecule has 0 heterocycles. The lowest BCUT2D eigenvalue weighted by Gasteiger charge is -2.15. The molecule has 2 aromatic carbocycles. The smallest absolute Gasteiger partial charge is 0.231 e. The topological polar surface area (TPSA) is 103 Å². The van der Waals surface area contributed by atoms with Crippen LogP contribution in [0.5, 0.6) is 11.5 Å². The Kier molecular flexibility index (Phi) is 10.4. The van der Waals surface area contributed by atoms with E-state index < -0.39 is 6.04 Å². The minimum Gasteiger partial charge on any atom is -0.493 e. The highest BCUT2D eigenvalue weighted by Gasteiger charge is 2.20. The molecule has 0 unspecified atom stereocenters. The number of rotatable bonds is 12. The van der Waals surface area contributed by atoms with Crippen LogP contribution in [0.15, 0.2) is 53.5 Å². The van der Waals surface area contributed by atoms with E-state index in [1.165, 1.54) is 7.11 Å². The lowest BCUT2D eigenvalue weighted by atomic mass is 9.95. The molecule has 178 valence electrons. The van der Waals surface area contributed by atoms with Crippen LogP contribution in [0.25, 0.3) is 0 Å². The number of carbonyl (C=O) groups is 2. The number of aliphatic imine (C=N–C) groups is 1. The van der Waals surface area contributed by atoms with Crippen LogP contribution in [0, 0.1) is 5.92 Å². The zero-order valence-corrected chi connectivity index (χ0v) is 20.0. The van der Waals surface area contributed by atoms with E-state index in [4.69, 9.17) is 15.2 Å². The summed E-state index contributed by atoms with van der Waals surface area (Å²) in [7, 11) is 3.09. The van der Waals surface area contributed by atoms with Crippen molar-refractivity contribution >= 4 is 17.6 Å². The molecule has 0 aliphatic rings. The van der Waals surface area contributed by atoms with Gasteiger partial charge in [0.25, 0.3) is 0 Å². The molecule has 7 heteroatoms. The first-order chi connectivity index (χ1) is 15.9. The summed E-state index contributed by atoms with van der Waals surface area (Å²) in [6.07, 6.45) is 2.78. The Morgan fingerprint density at radius 3 is 2.36 bits per heavy atom. The van der Waals surface area contributed by atoms with Gasteiger partial charge in [-0.2, -0.15) is 0 Å². The van der Waals surface area contributed by atoms with Gasteiger partial charge >= 0.3 is 0 Å². The molecule has 1 amide bonds. The molecule has 2 rings (SSSR count). The molecule has 0 fully saturated rings. The molecule has 2 atom stereocenters. The molecule has 0 saturated carbocycles. The summed E-state index contributed by atoms with van der Waals surface area (Å²) in [6.45, 7) is 4.24. The molecule has 33 heavy (non-hydrogen) atoms. The zero-order chi connectivity index (χ0) is 24.2. The highest BCUT2D eigenvalue weighted by atomic mass is 16.5. The van der Waals surface area contributed by atoms with Crippen LogP contribution >= 0.6 is 0 Å². The number of Topliss-reactive ketones (excluding diaryl/α,β-unsaturated/α-hetero) is 1. The second-order valence-corrected chi connectivity index (χ2v) is 8.15. The number of guanidine groups is 1. The number of methoxy groups -OCH3 is 2. The van der Waals surface area contributed by atoms with Crippen LogP contribution in [0.2, 0.25) is 0 Å². The number of benzene rings is 2. The van der Waals surface area contributed by atoms with Crippen molar-refractivity contribution in [1.29, 1.82) is 0 Å². The van der Waals surface area contributed by atoms with Gasteiger partial charge in [-0.25, -0.2) is 4.99 Å². The van der Waals surface area contributed by atoms with E-state index in [9.17, 15) is 9.59 Å². The number of ketones is 1. The van der Waals surface area contributed by atoms with Gasteiger partial charge in [0, 0.05) is 12.8 Å². The Hall–Kier alpha value is -3.35. The Labute approximate surface area is 196 Å². The number of amides is 1. The highest BCUT2D eigenvalue weighted by Crippen LogP contribution is 2.27. The normalized spacial score (nSPS) is 13.2. The molecule has 0 saturated heterocycles. The van der Waals surface area contributed by atoms with Crippen LogP contribution in [0.1, 0.15) is 44.2 Å². The summed E-state index contributed by atoms with van der Waals surface area (Å²) in [5.74, 6) is 1.24. The third-order valence-corrected chi connectivity index (χ3v) is 5.60. The molecule has 7 nitrogen and oxygen atoms in total. The first kappa shape index (κ1) is 25.9. The van der Waals surface area contributed by atoms with Gasteiger partial charge in [-0.15, -0.1) is 0 Å².